The Balaban J connectivity index is 2.92. The van der Waals surface area contributed by atoms with Gasteiger partial charge in [0.2, 0.25) is 5.91 Å². The van der Waals surface area contributed by atoms with Crippen molar-refractivity contribution in [3.05, 3.63) is 35.9 Å². The zero-order valence-electron chi connectivity index (χ0n) is 11.0. The van der Waals surface area contributed by atoms with Gasteiger partial charge >= 0.3 is 0 Å². The second-order valence-electron chi connectivity index (χ2n) is 4.10. The Morgan fingerprint density at radius 3 is 2.47 bits per heavy atom. The van der Waals surface area contributed by atoms with Gasteiger partial charge in [-0.1, -0.05) is 30.3 Å². The van der Waals surface area contributed by atoms with Crippen LogP contribution in [0.5, 0.6) is 0 Å². The van der Waals surface area contributed by atoms with Crippen molar-refractivity contribution < 1.29 is 19.1 Å². The number of carbonyl (C=O) groups is 2. The average Bonchev–Trinajstić information content (AvgIpc) is 2.43. The van der Waals surface area contributed by atoms with E-state index in [9.17, 15) is 9.59 Å². The van der Waals surface area contributed by atoms with E-state index in [0.717, 1.165) is 0 Å². The van der Waals surface area contributed by atoms with Gasteiger partial charge in [0.1, 0.15) is 6.79 Å². The van der Waals surface area contributed by atoms with Crippen molar-refractivity contribution in [1.82, 2.24) is 5.32 Å². The Kier molecular flexibility index (Phi) is 5.47. The molecule has 0 aliphatic rings. The minimum atomic E-state index is -1.24. The minimum absolute atomic E-state index is 0.0462. The van der Waals surface area contributed by atoms with Crippen LogP contribution in [0.3, 0.4) is 0 Å². The molecular weight excluding hydrogens is 248 g/mol. The van der Waals surface area contributed by atoms with Crippen molar-refractivity contribution in [3.8, 4) is 0 Å². The average molecular weight is 266 g/mol. The summed E-state index contributed by atoms with van der Waals surface area (Å²) in [5.41, 5.74) is 4.42. The lowest BCUT2D eigenvalue weighted by Gasteiger charge is -2.28. The third-order valence-corrected chi connectivity index (χ3v) is 2.65. The Hall–Kier alpha value is -1.92. The molecule has 0 radical (unpaired) electrons. The highest BCUT2D eigenvalue weighted by Gasteiger charge is 2.36. The summed E-state index contributed by atoms with van der Waals surface area (Å²) in [5.74, 6) is -1.06. The molecule has 104 valence electrons. The van der Waals surface area contributed by atoms with E-state index < -0.39 is 17.4 Å². The van der Waals surface area contributed by atoms with Gasteiger partial charge in [-0.3, -0.25) is 9.59 Å². The zero-order chi connectivity index (χ0) is 14.3. The van der Waals surface area contributed by atoms with Crippen LogP contribution >= 0.6 is 0 Å². The van der Waals surface area contributed by atoms with Crippen LogP contribution in [-0.4, -0.2) is 32.3 Å². The van der Waals surface area contributed by atoms with E-state index in [1.165, 1.54) is 7.11 Å². The summed E-state index contributed by atoms with van der Waals surface area (Å²) in [6, 6.07) is 8.96. The highest BCUT2D eigenvalue weighted by atomic mass is 16.7. The van der Waals surface area contributed by atoms with Crippen molar-refractivity contribution in [2.75, 3.05) is 20.4 Å². The van der Waals surface area contributed by atoms with E-state index in [4.69, 9.17) is 15.2 Å². The highest BCUT2D eigenvalue weighted by Crippen LogP contribution is 2.25. The number of rotatable bonds is 7. The predicted molar refractivity (Wildman–Crippen MR) is 69.0 cm³/mol. The van der Waals surface area contributed by atoms with Gasteiger partial charge in [-0.25, -0.2) is 0 Å². The standard InChI is InChI=1S/C13H18N2O4/c1-13(19-9-18-2,10-6-4-3-5-7-10)12(17)15-8-11(14)16/h3-7H,8-9H2,1-2H3,(H2,14,16)(H,15,17)/t13-/m0/s1. The summed E-state index contributed by atoms with van der Waals surface area (Å²) in [6.45, 7) is 1.32. The molecule has 0 aromatic heterocycles. The molecule has 0 unspecified atom stereocenters. The molecule has 0 saturated heterocycles. The fourth-order valence-corrected chi connectivity index (χ4v) is 1.55. The first-order chi connectivity index (χ1) is 9.00. The maximum atomic E-state index is 12.2. The van der Waals surface area contributed by atoms with Crippen LogP contribution in [0.4, 0.5) is 0 Å². The zero-order valence-corrected chi connectivity index (χ0v) is 11.0. The van der Waals surface area contributed by atoms with Crippen LogP contribution in [0.25, 0.3) is 0 Å². The second-order valence-corrected chi connectivity index (χ2v) is 4.10. The van der Waals surface area contributed by atoms with Gasteiger partial charge in [0.25, 0.3) is 5.91 Å². The first-order valence-corrected chi connectivity index (χ1v) is 5.75. The van der Waals surface area contributed by atoms with Gasteiger partial charge in [-0.05, 0) is 12.5 Å². The molecule has 19 heavy (non-hydrogen) atoms. The van der Waals surface area contributed by atoms with Crippen LogP contribution in [0, 0.1) is 0 Å². The van der Waals surface area contributed by atoms with Crippen molar-refractivity contribution in [2.45, 2.75) is 12.5 Å². The number of benzene rings is 1. The lowest BCUT2D eigenvalue weighted by molar-refractivity contribution is -0.164. The molecule has 6 heteroatoms. The van der Waals surface area contributed by atoms with Gasteiger partial charge in [0.15, 0.2) is 5.60 Å². The molecule has 0 saturated carbocycles. The number of hydrogen-bond acceptors (Lipinski definition) is 4. The van der Waals surface area contributed by atoms with Crippen molar-refractivity contribution in [2.24, 2.45) is 5.73 Å². The van der Waals surface area contributed by atoms with E-state index in [1.807, 2.05) is 6.07 Å². The summed E-state index contributed by atoms with van der Waals surface area (Å²) >= 11 is 0. The smallest absolute Gasteiger partial charge is 0.257 e. The number of methoxy groups -OCH3 is 1. The number of nitrogens with two attached hydrogens (primary N) is 1. The quantitative estimate of drug-likeness (QED) is 0.686. The van der Waals surface area contributed by atoms with Crippen molar-refractivity contribution in [3.63, 3.8) is 0 Å². The van der Waals surface area contributed by atoms with Crippen LogP contribution in [0.2, 0.25) is 0 Å². The first kappa shape index (κ1) is 15.1. The molecule has 1 aromatic rings. The molecule has 6 nitrogen and oxygen atoms in total. The molecule has 3 N–H and O–H groups in total. The largest absolute Gasteiger partial charge is 0.368 e. The molecule has 0 spiro atoms. The number of primary amides is 1. The SMILES string of the molecule is COCO[C@](C)(C(=O)NCC(N)=O)c1ccccc1. The van der Waals surface area contributed by atoms with Crippen molar-refractivity contribution >= 4 is 11.8 Å². The third kappa shape index (κ3) is 4.04. The molecule has 1 rings (SSSR count). The number of carbonyl (C=O) groups excluding carboxylic acids is 2. The normalized spacial score (nSPS) is 13.6. The Labute approximate surface area is 111 Å². The topological polar surface area (TPSA) is 90.7 Å². The lowest BCUT2D eigenvalue weighted by atomic mass is 9.95. The number of hydrogen-bond donors (Lipinski definition) is 2. The van der Waals surface area contributed by atoms with Crippen LogP contribution in [0.15, 0.2) is 30.3 Å². The van der Waals surface area contributed by atoms with Gasteiger partial charge in [0.05, 0.1) is 6.54 Å². The molecule has 0 aliphatic heterocycles. The second kappa shape index (κ2) is 6.86. The van der Waals surface area contributed by atoms with Crippen molar-refractivity contribution in [1.29, 1.82) is 0 Å². The van der Waals surface area contributed by atoms with E-state index in [0.29, 0.717) is 5.56 Å². The maximum absolute atomic E-state index is 12.2. The van der Waals surface area contributed by atoms with E-state index in [-0.39, 0.29) is 13.3 Å². The maximum Gasteiger partial charge on any atom is 0.257 e. The Bertz CT molecular complexity index is 436. The Morgan fingerprint density at radius 1 is 1.32 bits per heavy atom. The monoisotopic (exact) mass is 266 g/mol. The summed E-state index contributed by atoms with van der Waals surface area (Å²) in [5, 5.41) is 2.44. The van der Waals surface area contributed by atoms with Crippen LogP contribution in [0.1, 0.15) is 12.5 Å². The highest BCUT2D eigenvalue weighted by molar-refractivity contribution is 5.89. The number of amides is 2. The first-order valence-electron chi connectivity index (χ1n) is 5.75. The van der Waals surface area contributed by atoms with Gasteiger partial charge in [-0.2, -0.15) is 0 Å². The minimum Gasteiger partial charge on any atom is -0.368 e. The number of ether oxygens (including phenoxy) is 2. The van der Waals surface area contributed by atoms with Gasteiger partial charge < -0.3 is 20.5 Å². The third-order valence-electron chi connectivity index (χ3n) is 2.65. The summed E-state index contributed by atoms with van der Waals surface area (Å²) in [4.78, 5) is 22.9. The molecule has 0 bridgehead atoms. The van der Waals surface area contributed by atoms with Crippen LogP contribution in [-0.2, 0) is 24.7 Å². The summed E-state index contributed by atoms with van der Waals surface area (Å²) in [7, 11) is 1.47. The fraction of sp³-hybridized carbons (Fsp3) is 0.385. The molecule has 0 aliphatic carbocycles. The van der Waals surface area contributed by atoms with Gasteiger partial charge in [-0.15, -0.1) is 0 Å². The summed E-state index contributed by atoms with van der Waals surface area (Å²) < 4.78 is 10.3. The molecule has 0 heterocycles. The van der Waals surface area contributed by atoms with E-state index in [2.05, 4.69) is 5.32 Å². The van der Waals surface area contributed by atoms with Gasteiger partial charge in [0, 0.05) is 7.11 Å². The molecular formula is C13H18N2O4. The van der Waals surface area contributed by atoms with E-state index >= 15 is 0 Å². The molecule has 2 amide bonds. The molecule has 1 atom stereocenters. The Morgan fingerprint density at radius 2 is 1.95 bits per heavy atom. The fourth-order valence-electron chi connectivity index (χ4n) is 1.55. The van der Waals surface area contributed by atoms with E-state index in [1.54, 1.807) is 31.2 Å². The lowest BCUT2D eigenvalue weighted by Crippen LogP contribution is -2.47. The molecule has 1 aromatic carbocycles. The summed E-state index contributed by atoms with van der Waals surface area (Å²) in [6.07, 6.45) is 0. The predicted octanol–water partition coefficient (Wildman–Crippen LogP) is 0.124. The van der Waals surface area contributed by atoms with Crippen LogP contribution < -0.4 is 11.1 Å². The number of nitrogens with one attached hydrogen (secondary N) is 1. The molecule has 0 fully saturated rings.